The highest BCUT2D eigenvalue weighted by Gasteiger charge is 2.27. The molecule has 8 nitrogen and oxygen atoms in total. The Morgan fingerprint density at radius 1 is 0.914 bits per heavy atom. The Kier molecular flexibility index (Phi) is 8.17. The van der Waals surface area contributed by atoms with E-state index in [0.29, 0.717) is 25.1 Å². The summed E-state index contributed by atoms with van der Waals surface area (Å²) in [7, 11) is 0. The van der Waals surface area contributed by atoms with Gasteiger partial charge in [0.05, 0.1) is 12.9 Å². The summed E-state index contributed by atoms with van der Waals surface area (Å²) in [6, 6.07) is 18.5. The Bertz CT molecular complexity index is 1120. The van der Waals surface area contributed by atoms with Crippen LogP contribution in [0.25, 0.3) is 11.3 Å². The Balaban J connectivity index is 1.19. The summed E-state index contributed by atoms with van der Waals surface area (Å²) in [5.74, 6) is 0.225. The number of hydrogen-bond acceptors (Lipinski definition) is 7. The van der Waals surface area contributed by atoms with Crippen molar-refractivity contribution in [2.45, 2.75) is 44.9 Å². The van der Waals surface area contributed by atoms with E-state index in [1.54, 1.807) is 18.4 Å². The number of amides is 1. The molecule has 0 bridgehead atoms. The van der Waals surface area contributed by atoms with Gasteiger partial charge in [-0.15, -0.1) is 0 Å². The maximum Gasteiger partial charge on any atom is 0.320 e. The number of cyclic esters (lactones) is 2. The molecule has 0 radical (unpaired) electrons. The Labute approximate surface area is 203 Å². The van der Waals surface area contributed by atoms with Gasteiger partial charge in [0.1, 0.15) is 17.9 Å². The van der Waals surface area contributed by atoms with Crippen LogP contribution in [0, 0.1) is 0 Å². The highest BCUT2D eigenvalue weighted by molar-refractivity contribution is 5.94. The van der Waals surface area contributed by atoms with Crippen molar-refractivity contribution in [3.63, 3.8) is 0 Å². The molecule has 1 amide bonds. The minimum atomic E-state index is -0.782. The highest BCUT2D eigenvalue weighted by Crippen LogP contribution is 2.21. The number of hydrogen-bond donors (Lipinski definition) is 1. The van der Waals surface area contributed by atoms with Gasteiger partial charge in [-0.3, -0.25) is 14.4 Å². The molecule has 35 heavy (non-hydrogen) atoms. The first-order chi connectivity index (χ1) is 17.1. The van der Waals surface area contributed by atoms with E-state index in [1.165, 1.54) is 0 Å². The lowest BCUT2D eigenvalue weighted by Crippen LogP contribution is -2.32. The fourth-order valence-electron chi connectivity index (χ4n) is 3.71. The van der Waals surface area contributed by atoms with Gasteiger partial charge in [-0.05, 0) is 49.6 Å². The van der Waals surface area contributed by atoms with Gasteiger partial charge in [0, 0.05) is 29.7 Å². The van der Waals surface area contributed by atoms with Crippen LogP contribution < -0.4 is 10.1 Å². The van der Waals surface area contributed by atoms with E-state index in [-0.39, 0.29) is 12.3 Å². The highest BCUT2D eigenvalue weighted by atomic mass is 16.7. The average molecular weight is 478 g/mol. The fraction of sp³-hybridized carbons (Fsp3) is 0.296. The molecule has 182 valence electrons. The van der Waals surface area contributed by atoms with Gasteiger partial charge in [-0.25, -0.2) is 0 Å². The normalized spacial score (nSPS) is 13.7. The van der Waals surface area contributed by atoms with Crippen molar-refractivity contribution in [2.75, 3.05) is 6.61 Å². The van der Waals surface area contributed by atoms with Gasteiger partial charge >= 0.3 is 11.9 Å². The average Bonchev–Trinajstić information content (AvgIpc) is 3.40. The number of para-hydroxylation sites is 1. The molecule has 2 heterocycles. The number of carbonyl (C=O) groups is 3. The molecule has 0 unspecified atom stereocenters. The molecule has 0 aliphatic carbocycles. The van der Waals surface area contributed by atoms with E-state index in [0.717, 1.165) is 41.9 Å². The van der Waals surface area contributed by atoms with Crippen LogP contribution in [0.5, 0.6) is 5.75 Å². The molecule has 1 aliphatic rings. The van der Waals surface area contributed by atoms with E-state index in [1.807, 2.05) is 48.5 Å². The van der Waals surface area contributed by atoms with Crippen LogP contribution in [0.4, 0.5) is 0 Å². The Hall–Kier alpha value is -4.07. The van der Waals surface area contributed by atoms with Crippen molar-refractivity contribution in [2.24, 2.45) is 0 Å². The van der Waals surface area contributed by atoms with Gasteiger partial charge in [-0.1, -0.05) is 30.3 Å². The first-order valence-electron chi connectivity index (χ1n) is 11.6. The minimum absolute atomic E-state index is 0.171. The standard InChI is InChI=1S/C27H27NO7/c29-24-17-25(30)35-26(34-24)10-2-1-5-15-32-23-8-4-3-7-21(23)18-28-27(31)20-13-11-19(12-14-20)22-9-6-16-33-22/h3-4,6-9,11-14,16,26H,1-2,5,10,15,17-18H2,(H,28,31). The minimum Gasteiger partial charge on any atom is -0.493 e. The number of rotatable bonds is 11. The molecule has 0 atom stereocenters. The monoisotopic (exact) mass is 477 g/mol. The van der Waals surface area contributed by atoms with Crippen LogP contribution in [0.15, 0.2) is 71.3 Å². The van der Waals surface area contributed by atoms with Gasteiger partial charge in [0.2, 0.25) is 6.29 Å². The zero-order chi connectivity index (χ0) is 24.5. The van der Waals surface area contributed by atoms with Crippen LogP contribution in [0.3, 0.4) is 0 Å². The first kappa shape index (κ1) is 24.1. The van der Waals surface area contributed by atoms with Crippen molar-refractivity contribution in [1.29, 1.82) is 0 Å². The molecule has 1 fully saturated rings. The molecule has 0 saturated carbocycles. The summed E-state index contributed by atoms with van der Waals surface area (Å²) in [5.41, 5.74) is 2.35. The second-order valence-corrected chi connectivity index (χ2v) is 8.13. The lowest BCUT2D eigenvalue weighted by molar-refractivity contribution is -0.204. The summed E-state index contributed by atoms with van der Waals surface area (Å²) >= 11 is 0. The SMILES string of the molecule is O=C1CC(=O)OC(CCCCCOc2ccccc2CNC(=O)c2ccc(-c3ccco3)cc2)O1. The first-order valence-corrected chi connectivity index (χ1v) is 11.6. The summed E-state index contributed by atoms with van der Waals surface area (Å²) in [6.45, 7) is 0.844. The van der Waals surface area contributed by atoms with Crippen molar-refractivity contribution >= 4 is 17.8 Å². The van der Waals surface area contributed by atoms with Crippen LogP contribution in [0.2, 0.25) is 0 Å². The predicted octanol–water partition coefficient (Wildman–Crippen LogP) is 4.63. The van der Waals surface area contributed by atoms with Crippen molar-refractivity contribution in [3.8, 4) is 17.1 Å². The largest absolute Gasteiger partial charge is 0.493 e. The van der Waals surface area contributed by atoms with Gasteiger partial charge < -0.3 is 23.9 Å². The number of furan rings is 1. The van der Waals surface area contributed by atoms with Gasteiger partial charge in [0.15, 0.2) is 0 Å². The number of unbranched alkanes of at least 4 members (excludes halogenated alkanes) is 2. The van der Waals surface area contributed by atoms with Crippen molar-refractivity contribution < 1.29 is 33.0 Å². The van der Waals surface area contributed by atoms with Crippen LogP contribution in [0.1, 0.15) is 48.0 Å². The quantitative estimate of drug-likeness (QED) is 0.244. The summed E-state index contributed by atoms with van der Waals surface area (Å²) in [6.07, 6.45) is 3.35. The van der Waals surface area contributed by atoms with E-state index < -0.39 is 18.2 Å². The molecule has 1 N–H and O–H groups in total. The molecule has 1 saturated heterocycles. The third-order valence-corrected chi connectivity index (χ3v) is 5.52. The molecular formula is C27H27NO7. The maximum absolute atomic E-state index is 12.6. The maximum atomic E-state index is 12.6. The zero-order valence-corrected chi connectivity index (χ0v) is 19.2. The number of nitrogens with one attached hydrogen (secondary N) is 1. The molecule has 2 aromatic carbocycles. The van der Waals surface area contributed by atoms with Crippen LogP contribution in [-0.2, 0) is 25.6 Å². The molecule has 8 heteroatoms. The second kappa shape index (κ2) is 11.9. The zero-order valence-electron chi connectivity index (χ0n) is 19.2. The molecule has 4 rings (SSSR count). The lowest BCUT2D eigenvalue weighted by atomic mass is 10.1. The van der Waals surface area contributed by atoms with E-state index in [9.17, 15) is 14.4 Å². The fourth-order valence-corrected chi connectivity index (χ4v) is 3.71. The summed E-state index contributed by atoms with van der Waals surface area (Å²) in [4.78, 5) is 35.1. The third kappa shape index (κ3) is 6.96. The molecule has 1 aliphatic heterocycles. The molecule has 0 spiro atoms. The molecule has 3 aromatic rings. The van der Waals surface area contributed by atoms with Crippen LogP contribution >= 0.6 is 0 Å². The van der Waals surface area contributed by atoms with E-state index in [4.69, 9.17) is 18.6 Å². The van der Waals surface area contributed by atoms with Gasteiger partial charge in [0.25, 0.3) is 5.91 Å². The Morgan fingerprint density at radius 2 is 1.69 bits per heavy atom. The molecule has 1 aromatic heterocycles. The van der Waals surface area contributed by atoms with Crippen LogP contribution in [-0.4, -0.2) is 30.7 Å². The van der Waals surface area contributed by atoms with Crippen molar-refractivity contribution in [3.05, 3.63) is 78.1 Å². The van der Waals surface area contributed by atoms with E-state index in [2.05, 4.69) is 5.32 Å². The number of carbonyl (C=O) groups excluding carboxylic acids is 3. The lowest BCUT2D eigenvalue weighted by Gasteiger charge is -2.22. The smallest absolute Gasteiger partial charge is 0.320 e. The second-order valence-electron chi connectivity index (χ2n) is 8.13. The number of benzene rings is 2. The third-order valence-electron chi connectivity index (χ3n) is 5.52. The van der Waals surface area contributed by atoms with Crippen molar-refractivity contribution in [1.82, 2.24) is 5.32 Å². The number of ether oxygens (including phenoxy) is 3. The molecular weight excluding hydrogens is 450 g/mol. The predicted molar refractivity (Wildman–Crippen MR) is 126 cm³/mol. The topological polar surface area (TPSA) is 104 Å². The van der Waals surface area contributed by atoms with Gasteiger partial charge in [-0.2, -0.15) is 0 Å². The number of esters is 2. The summed E-state index contributed by atoms with van der Waals surface area (Å²) in [5, 5.41) is 2.94. The Morgan fingerprint density at radius 3 is 2.43 bits per heavy atom. The van der Waals surface area contributed by atoms with E-state index >= 15 is 0 Å². The summed E-state index contributed by atoms with van der Waals surface area (Å²) < 4.78 is 21.3.